The van der Waals surface area contributed by atoms with Crippen molar-refractivity contribution in [1.29, 1.82) is 0 Å². The minimum absolute atomic E-state index is 0.0360. The number of rotatable bonds is 4. The molecule has 0 heterocycles. The largest absolute Gasteiger partial charge is 0.444 e. The summed E-state index contributed by atoms with van der Waals surface area (Å²) in [6.45, 7) is 7.54. The lowest BCUT2D eigenvalue weighted by Gasteiger charge is -2.28. The topological polar surface area (TPSA) is 29.5 Å². The molecule has 122 valence electrons. The van der Waals surface area contributed by atoms with Crippen LogP contribution in [-0.4, -0.2) is 29.7 Å². The maximum atomic E-state index is 12.0. The predicted molar refractivity (Wildman–Crippen MR) is 93.6 cm³/mol. The highest BCUT2D eigenvalue weighted by Crippen LogP contribution is 2.23. The molecule has 0 bridgehead atoms. The van der Waals surface area contributed by atoms with Crippen molar-refractivity contribution in [3.63, 3.8) is 0 Å². The van der Waals surface area contributed by atoms with E-state index in [0.29, 0.717) is 10.0 Å². The second-order valence-corrected chi connectivity index (χ2v) is 7.07. The molecule has 1 rings (SSSR count). The Morgan fingerprint density at radius 3 is 2.50 bits per heavy atom. The Labute approximate surface area is 142 Å². The zero-order valence-corrected chi connectivity index (χ0v) is 15.2. The van der Waals surface area contributed by atoms with Crippen molar-refractivity contribution >= 4 is 35.4 Å². The third kappa shape index (κ3) is 6.29. The Balaban J connectivity index is 2.57. The molecule has 1 atom stereocenters. The molecule has 0 aliphatic rings. The molecule has 1 aromatic rings. The minimum Gasteiger partial charge on any atom is -0.444 e. The van der Waals surface area contributed by atoms with E-state index in [1.165, 1.54) is 0 Å². The number of amides is 1. The van der Waals surface area contributed by atoms with Gasteiger partial charge in [0.2, 0.25) is 0 Å². The van der Waals surface area contributed by atoms with Gasteiger partial charge in [-0.3, -0.25) is 0 Å². The second-order valence-electron chi connectivity index (χ2n) is 6.25. The highest BCUT2D eigenvalue weighted by Gasteiger charge is 2.22. The van der Waals surface area contributed by atoms with Crippen LogP contribution < -0.4 is 0 Å². The van der Waals surface area contributed by atoms with Gasteiger partial charge in [0.25, 0.3) is 0 Å². The summed E-state index contributed by atoms with van der Waals surface area (Å²) in [5.74, 6) is 0. The van der Waals surface area contributed by atoms with Crippen LogP contribution in [0.5, 0.6) is 0 Å². The first-order valence-electron chi connectivity index (χ1n) is 7.17. The Bertz CT molecular complexity index is 550. The van der Waals surface area contributed by atoms with Crippen LogP contribution in [-0.2, 0) is 4.74 Å². The van der Waals surface area contributed by atoms with Gasteiger partial charge in [-0.15, -0.1) is 0 Å². The maximum Gasteiger partial charge on any atom is 0.410 e. The molecular formula is C17H23Cl2NO2. The van der Waals surface area contributed by atoms with E-state index < -0.39 is 5.60 Å². The van der Waals surface area contributed by atoms with Crippen LogP contribution in [0.1, 0.15) is 39.7 Å². The fourth-order valence-electron chi connectivity index (χ4n) is 1.69. The van der Waals surface area contributed by atoms with E-state index in [9.17, 15) is 4.79 Å². The summed E-state index contributed by atoms with van der Waals surface area (Å²) >= 11 is 11.9. The van der Waals surface area contributed by atoms with Crippen LogP contribution in [0.25, 0.3) is 6.08 Å². The molecule has 0 radical (unpaired) electrons. The van der Waals surface area contributed by atoms with Crippen LogP contribution in [0.3, 0.4) is 0 Å². The molecule has 0 aromatic heterocycles. The van der Waals surface area contributed by atoms with E-state index in [-0.39, 0.29) is 12.1 Å². The van der Waals surface area contributed by atoms with Gasteiger partial charge >= 0.3 is 6.09 Å². The molecule has 1 unspecified atom stereocenters. The van der Waals surface area contributed by atoms with E-state index in [0.717, 1.165) is 12.0 Å². The van der Waals surface area contributed by atoms with Crippen LogP contribution >= 0.6 is 23.2 Å². The van der Waals surface area contributed by atoms with Crippen molar-refractivity contribution in [3.8, 4) is 0 Å². The quantitative estimate of drug-likeness (QED) is 0.706. The number of hydrogen-bond donors (Lipinski definition) is 0. The van der Waals surface area contributed by atoms with E-state index in [1.54, 1.807) is 18.0 Å². The zero-order chi connectivity index (χ0) is 16.9. The number of ether oxygens (including phenoxy) is 1. The van der Waals surface area contributed by atoms with Crippen LogP contribution in [0.4, 0.5) is 4.79 Å². The lowest BCUT2D eigenvalue weighted by atomic mass is 10.1. The number of carbonyl (C=O) groups is 1. The van der Waals surface area contributed by atoms with Crippen molar-refractivity contribution < 1.29 is 9.53 Å². The standard InChI is InChI=1S/C17H23Cl2NO2/c1-12(20(5)16(21)22-17(2,3)4)7-6-8-13-9-10-14(18)15(19)11-13/h6,8-12H,7H2,1-5H3/b8-6+. The first kappa shape index (κ1) is 18.9. The van der Waals surface area contributed by atoms with E-state index >= 15 is 0 Å². The molecule has 1 aromatic carbocycles. The zero-order valence-electron chi connectivity index (χ0n) is 13.7. The molecule has 0 fully saturated rings. The molecule has 3 nitrogen and oxygen atoms in total. The van der Waals surface area contributed by atoms with Crippen LogP contribution in [0, 0.1) is 0 Å². The van der Waals surface area contributed by atoms with E-state index in [2.05, 4.69) is 0 Å². The van der Waals surface area contributed by atoms with E-state index in [1.807, 2.05) is 52.0 Å². The van der Waals surface area contributed by atoms with Gasteiger partial charge in [-0.2, -0.15) is 0 Å². The summed E-state index contributed by atoms with van der Waals surface area (Å²) in [7, 11) is 1.74. The molecule has 0 saturated carbocycles. The molecular weight excluding hydrogens is 321 g/mol. The minimum atomic E-state index is -0.485. The van der Waals surface area contributed by atoms with E-state index in [4.69, 9.17) is 27.9 Å². The monoisotopic (exact) mass is 343 g/mol. The van der Waals surface area contributed by atoms with Crippen molar-refractivity contribution in [2.45, 2.75) is 45.8 Å². The lowest BCUT2D eigenvalue weighted by Crippen LogP contribution is -2.39. The number of carbonyl (C=O) groups excluding carboxylic acids is 1. The van der Waals surface area contributed by atoms with Crippen LogP contribution in [0.2, 0.25) is 10.0 Å². The van der Waals surface area contributed by atoms with Gasteiger partial charge in [0, 0.05) is 13.1 Å². The third-order valence-corrected chi connectivity index (χ3v) is 3.81. The summed E-state index contributed by atoms with van der Waals surface area (Å²) in [5.41, 5.74) is 0.488. The fourth-order valence-corrected chi connectivity index (χ4v) is 2.00. The average molecular weight is 344 g/mol. The maximum absolute atomic E-state index is 12.0. The normalized spacial score (nSPS) is 13.2. The summed E-state index contributed by atoms with van der Waals surface area (Å²) in [6, 6.07) is 5.50. The summed E-state index contributed by atoms with van der Waals surface area (Å²) < 4.78 is 5.34. The summed E-state index contributed by atoms with van der Waals surface area (Å²) in [4.78, 5) is 13.6. The highest BCUT2D eigenvalue weighted by atomic mass is 35.5. The van der Waals surface area contributed by atoms with Gasteiger partial charge in [0.15, 0.2) is 0 Å². The Morgan fingerprint density at radius 2 is 1.95 bits per heavy atom. The Hall–Kier alpha value is -1.19. The third-order valence-electron chi connectivity index (χ3n) is 3.07. The van der Waals surface area contributed by atoms with Gasteiger partial charge in [0.1, 0.15) is 5.60 Å². The van der Waals surface area contributed by atoms with Gasteiger partial charge in [-0.1, -0.05) is 41.4 Å². The number of nitrogens with zero attached hydrogens (tertiary/aromatic N) is 1. The van der Waals surface area contributed by atoms with Gasteiger partial charge < -0.3 is 9.64 Å². The second kappa shape index (κ2) is 7.89. The summed E-state index contributed by atoms with van der Waals surface area (Å²) in [5, 5.41) is 1.07. The average Bonchev–Trinajstić information content (AvgIpc) is 2.39. The Morgan fingerprint density at radius 1 is 1.32 bits per heavy atom. The van der Waals surface area contributed by atoms with Crippen LogP contribution in [0.15, 0.2) is 24.3 Å². The lowest BCUT2D eigenvalue weighted by molar-refractivity contribution is 0.0238. The molecule has 0 aliphatic heterocycles. The number of hydrogen-bond acceptors (Lipinski definition) is 2. The molecule has 1 amide bonds. The van der Waals surface area contributed by atoms with Gasteiger partial charge in [-0.25, -0.2) is 4.79 Å². The van der Waals surface area contributed by atoms with Crippen molar-refractivity contribution in [2.75, 3.05) is 7.05 Å². The highest BCUT2D eigenvalue weighted by molar-refractivity contribution is 6.42. The first-order valence-corrected chi connectivity index (χ1v) is 7.93. The molecule has 0 spiro atoms. The predicted octanol–water partition coefficient (Wildman–Crippen LogP) is 5.65. The first-order chi connectivity index (χ1) is 10.1. The summed E-state index contributed by atoms with van der Waals surface area (Å²) in [6.07, 6.45) is 4.37. The molecule has 0 saturated heterocycles. The van der Waals surface area contributed by atoms with Crippen molar-refractivity contribution in [2.24, 2.45) is 0 Å². The molecule has 0 N–H and O–H groups in total. The Kier molecular flexibility index (Phi) is 6.76. The smallest absolute Gasteiger partial charge is 0.410 e. The molecule has 5 heteroatoms. The van der Waals surface area contributed by atoms with Gasteiger partial charge in [0.05, 0.1) is 10.0 Å². The molecule has 22 heavy (non-hydrogen) atoms. The van der Waals surface area contributed by atoms with Gasteiger partial charge in [-0.05, 0) is 51.8 Å². The number of halogens is 2. The van der Waals surface area contributed by atoms with Crippen molar-refractivity contribution in [3.05, 3.63) is 39.9 Å². The van der Waals surface area contributed by atoms with Crippen molar-refractivity contribution in [1.82, 2.24) is 4.90 Å². The fraction of sp³-hybridized carbons (Fsp3) is 0.471. The SMILES string of the molecule is CC(C/C=C/c1ccc(Cl)c(Cl)c1)N(C)C(=O)OC(C)(C)C. The molecule has 0 aliphatic carbocycles. The number of benzene rings is 1.